The molecule has 0 N–H and O–H groups in total. The fourth-order valence-corrected chi connectivity index (χ4v) is 6.07. The largest absolute Gasteiger partial charge is 0.492 e. The van der Waals surface area contributed by atoms with Gasteiger partial charge in [-0.05, 0) is 82.5 Å². The molecule has 1 saturated heterocycles. The summed E-state index contributed by atoms with van der Waals surface area (Å²) < 4.78 is 46.5. The van der Waals surface area contributed by atoms with Crippen molar-refractivity contribution in [3.05, 3.63) is 85.9 Å². The van der Waals surface area contributed by atoms with Crippen LogP contribution in [0.25, 0.3) is 33.6 Å². The third kappa shape index (κ3) is 6.58. The molecule has 0 aliphatic carbocycles. The number of allylic oxidation sites excluding steroid dienone is 1. The maximum absolute atomic E-state index is 14.4. The maximum Gasteiger partial charge on any atom is 0.433 e. The Hall–Kier alpha value is -3.96. The number of carbonyl (C=O) groups excluding carboxylic acids is 1. The Kier molecular flexibility index (Phi) is 9.26. The quantitative estimate of drug-likeness (QED) is 0.203. The number of thiazole rings is 1. The van der Waals surface area contributed by atoms with Crippen molar-refractivity contribution in [3.8, 4) is 33.3 Å². The average molecular weight is 643 g/mol. The fraction of sp³-hybridized carbons (Fsp3) is 0.312. The number of hydrogen-bond donors (Lipinski definition) is 0. The Morgan fingerprint density at radius 2 is 1.86 bits per heavy atom. The average Bonchev–Trinajstić information content (AvgIpc) is 3.48. The van der Waals surface area contributed by atoms with E-state index in [2.05, 4.69) is 9.97 Å². The predicted octanol–water partition coefficient (Wildman–Crippen LogP) is 8.14. The van der Waals surface area contributed by atoms with Crippen LogP contribution in [0.3, 0.4) is 0 Å². The molecule has 5 rings (SSSR count). The highest BCUT2D eigenvalue weighted by atomic mass is 35.5. The minimum absolute atomic E-state index is 0.162. The van der Waals surface area contributed by atoms with Crippen LogP contribution in [0.1, 0.15) is 61.8 Å². The van der Waals surface area contributed by atoms with E-state index in [4.69, 9.17) is 16.3 Å². The normalized spacial score (nSPS) is 13.6. The van der Waals surface area contributed by atoms with Crippen LogP contribution >= 0.6 is 22.9 Å². The Morgan fingerprint density at radius 3 is 2.50 bits per heavy atom. The van der Waals surface area contributed by atoms with Gasteiger partial charge < -0.3 is 9.64 Å². The van der Waals surface area contributed by atoms with E-state index in [0.29, 0.717) is 63.7 Å². The minimum Gasteiger partial charge on any atom is -0.492 e. The highest BCUT2D eigenvalue weighted by molar-refractivity contribution is 7.13. The molecule has 4 heterocycles. The second-order valence-corrected chi connectivity index (χ2v) is 11.9. The third-order valence-electron chi connectivity index (χ3n) is 7.08. The van der Waals surface area contributed by atoms with Crippen molar-refractivity contribution >= 4 is 34.9 Å². The van der Waals surface area contributed by atoms with E-state index in [1.165, 1.54) is 10.6 Å². The summed E-state index contributed by atoms with van der Waals surface area (Å²) in [5.74, 6) is 0.197. The van der Waals surface area contributed by atoms with Gasteiger partial charge in [0.05, 0.1) is 34.8 Å². The van der Waals surface area contributed by atoms with Crippen LogP contribution < -0.4 is 10.3 Å². The van der Waals surface area contributed by atoms with Gasteiger partial charge >= 0.3 is 6.18 Å². The number of aromatic nitrogens is 3. The molecule has 44 heavy (non-hydrogen) atoms. The predicted molar refractivity (Wildman–Crippen MR) is 167 cm³/mol. The standard InChI is InChI=1S/C32H30ClF3N4O3S/c1-4-43-27-10-9-21(33)15-26(27)40-25(14-19(2)3)22(30(41)39-12-6-5-7-13-39)16-23(31(40)42)29-38-24(18-44-29)20-8-11-28(37-17-20)32(34,35)36/h8-11,14-18H,4-7,12-13H2,1-3H3. The number of ether oxygens (including phenoxy) is 1. The van der Waals surface area contributed by atoms with E-state index in [0.717, 1.165) is 48.4 Å². The minimum atomic E-state index is -4.57. The Bertz CT molecular complexity index is 1770. The highest BCUT2D eigenvalue weighted by Gasteiger charge is 2.32. The number of rotatable bonds is 7. The number of halogens is 4. The first-order chi connectivity index (χ1) is 21.0. The highest BCUT2D eigenvalue weighted by Crippen LogP contribution is 2.34. The van der Waals surface area contributed by atoms with Crippen molar-refractivity contribution in [2.45, 2.75) is 46.2 Å². The topological polar surface area (TPSA) is 77.3 Å². The molecule has 1 amide bonds. The Labute approximate surface area is 261 Å². The molecular formula is C32H30ClF3N4O3S. The van der Waals surface area contributed by atoms with Gasteiger partial charge in [-0.15, -0.1) is 11.3 Å². The lowest BCUT2D eigenvalue weighted by molar-refractivity contribution is -0.141. The lowest BCUT2D eigenvalue weighted by Gasteiger charge is -2.28. The van der Waals surface area contributed by atoms with Crippen molar-refractivity contribution in [1.82, 2.24) is 19.4 Å². The molecule has 0 atom stereocenters. The van der Waals surface area contributed by atoms with Crippen LogP contribution in [-0.2, 0) is 6.18 Å². The van der Waals surface area contributed by atoms with E-state index in [9.17, 15) is 22.8 Å². The molecule has 1 aliphatic heterocycles. The zero-order valence-corrected chi connectivity index (χ0v) is 25.9. The molecule has 1 aliphatic rings. The summed E-state index contributed by atoms with van der Waals surface area (Å²) in [6.45, 7) is 7.12. The van der Waals surface area contributed by atoms with Crippen LogP contribution in [0.15, 0.2) is 58.3 Å². The lowest BCUT2D eigenvalue weighted by atomic mass is 10.0. The van der Waals surface area contributed by atoms with Gasteiger partial charge in [0.25, 0.3) is 11.5 Å². The zero-order chi connectivity index (χ0) is 31.6. The van der Waals surface area contributed by atoms with Crippen molar-refractivity contribution in [2.24, 2.45) is 0 Å². The van der Waals surface area contributed by atoms with Crippen LogP contribution in [0.5, 0.6) is 5.75 Å². The third-order valence-corrected chi connectivity index (χ3v) is 8.19. The maximum atomic E-state index is 14.4. The number of nitrogens with zero attached hydrogens (tertiary/aromatic N) is 4. The number of hydrogen-bond acceptors (Lipinski definition) is 6. The first-order valence-corrected chi connectivity index (χ1v) is 15.4. The van der Waals surface area contributed by atoms with Gasteiger partial charge in [0.1, 0.15) is 16.5 Å². The monoisotopic (exact) mass is 642 g/mol. The molecule has 0 radical (unpaired) electrons. The number of pyridine rings is 2. The molecule has 12 heteroatoms. The molecular weight excluding hydrogens is 613 g/mol. The molecule has 0 saturated carbocycles. The second kappa shape index (κ2) is 13.0. The first kappa shape index (κ1) is 31.5. The van der Waals surface area contributed by atoms with E-state index in [1.807, 2.05) is 20.8 Å². The van der Waals surface area contributed by atoms with Crippen LogP contribution in [-0.4, -0.2) is 45.0 Å². The molecule has 230 valence electrons. The first-order valence-electron chi connectivity index (χ1n) is 14.1. The summed E-state index contributed by atoms with van der Waals surface area (Å²) >= 11 is 7.57. The van der Waals surface area contributed by atoms with Crippen LogP contribution in [0.2, 0.25) is 5.02 Å². The van der Waals surface area contributed by atoms with E-state index >= 15 is 0 Å². The summed E-state index contributed by atoms with van der Waals surface area (Å²) in [5.41, 5.74) is 1.35. The SMILES string of the molecule is CCOc1ccc(Cl)cc1-n1c(C=C(C)C)c(C(=O)N2CCCCC2)cc(-c2nc(-c3ccc(C(F)(F)F)nc3)cs2)c1=O. The van der Waals surface area contributed by atoms with Crippen molar-refractivity contribution < 1.29 is 22.7 Å². The fourth-order valence-electron chi connectivity index (χ4n) is 5.06. The van der Waals surface area contributed by atoms with Gasteiger partial charge in [0.2, 0.25) is 0 Å². The van der Waals surface area contributed by atoms with E-state index in [-0.39, 0.29) is 11.5 Å². The zero-order valence-electron chi connectivity index (χ0n) is 24.4. The molecule has 1 fully saturated rings. The number of likely N-dealkylation sites (tertiary alicyclic amines) is 1. The molecule has 0 unspecified atom stereocenters. The summed E-state index contributed by atoms with van der Waals surface area (Å²) in [6.07, 6.45) is 1.13. The van der Waals surface area contributed by atoms with Gasteiger partial charge in [-0.25, -0.2) is 4.98 Å². The van der Waals surface area contributed by atoms with Crippen LogP contribution in [0, 0.1) is 0 Å². The second-order valence-electron chi connectivity index (χ2n) is 10.6. The van der Waals surface area contributed by atoms with Gasteiger partial charge in [-0.2, -0.15) is 13.2 Å². The molecule has 1 aromatic carbocycles. The molecule has 7 nitrogen and oxygen atoms in total. The Balaban J connectivity index is 1.75. The number of piperidine rings is 1. The number of carbonyl (C=O) groups is 1. The van der Waals surface area contributed by atoms with Gasteiger partial charge in [0, 0.05) is 35.3 Å². The lowest BCUT2D eigenvalue weighted by Crippen LogP contribution is -2.37. The van der Waals surface area contributed by atoms with E-state index in [1.54, 1.807) is 40.6 Å². The smallest absolute Gasteiger partial charge is 0.433 e. The van der Waals surface area contributed by atoms with Crippen molar-refractivity contribution in [1.29, 1.82) is 0 Å². The summed E-state index contributed by atoms with van der Waals surface area (Å²) in [5, 5.41) is 2.32. The molecule has 0 bridgehead atoms. The van der Waals surface area contributed by atoms with Crippen molar-refractivity contribution in [3.63, 3.8) is 0 Å². The molecule has 0 spiro atoms. The molecule has 3 aromatic heterocycles. The van der Waals surface area contributed by atoms with Gasteiger partial charge in [0.15, 0.2) is 0 Å². The Morgan fingerprint density at radius 1 is 1.11 bits per heavy atom. The summed E-state index contributed by atoms with van der Waals surface area (Å²) in [6, 6.07) is 8.71. The van der Waals surface area contributed by atoms with E-state index < -0.39 is 17.4 Å². The van der Waals surface area contributed by atoms with Gasteiger partial charge in [-0.3, -0.25) is 19.1 Å². The number of amides is 1. The number of alkyl halides is 3. The van der Waals surface area contributed by atoms with Gasteiger partial charge in [-0.1, -0.05) is 17.2 Å². The van der Waals surface area contributed by atoms with Crippen molar-refractivity contribution in [2.75, 3.05) is 19.7 Å². The number of benzene rings is 1. The summed E-state index contributed by atoms with van der Waals surface area (Å²) in [7, 11) is 0. The summed E-state index contributed by atoms with van der Waals surface area (Å²) in [4.78, 5) is 38.5. The molecule has 4 aromatic rings. The van der Waals surface area contributed by atoms with Crippen LogP contribution in [0.4, 0.5) is 13.2 Å².